The van der Waals surface area contributed by atoms with Crippen molar-refractivity contribution in [2.24, 2.45) is 11.7 Å². The fraction of sp³-hybridized carbons (Fsp3) is 0.500. The van der Waals surface area contributed by atoms with E-state index < -0.39 is 11.9 Å². The van der Waals surface area contributed by atoms with Crippen molar-refractivity contribution in [1.29, 1.82) is 0 Å². The molecule has 0 bridgehead atoms. The third-order valence-corrected chi connectivity index (χ3v) is 4.07. The lowest BCUT2D eigenvalue weighted by Gasteiger charge is -2.26. The maximum atomic E-state index is 11.2. The predicted octanol–water partition coefficient (Wildman–Crippen LogP) is 2.75. The number of carboxylic acid groups (broad SMARTS) is 1. The predicted molar refractivity (Wildman–Crippen MR) is 76.4 cm³/mol. The zero-order valence-corrected chi connectivity index (χ0v) is 12.2. The van der Waals surface area contributed by atoms with E-state index >= 15 is 0 Å². The van der Waals surface area contributed by atoms with Gasteiger partial charge in [0.25, 0.3) is 0 Å². The molecule has 1 saturated carbocycles. The molecule has 0 amide bonds. The fourth-order valence-corrected chi connectivity index (χ4v) is 2.53. The highest BCUT2D eigenvalue weighted by Crippen LogP contribution is 2.32. The second kappa shape index (κ2) is 6.39. The molecule has 0 heterocycles. The Morgan fingerprint density at radius 2 is 2.26 bits per heavy atom. The van der Waals surface area contributed by atoms with Crippen molar-refractivity contribution in [2.75, 3.05) is 13.2 Å². The SMILES string of the molecule is NCC(C(=O)O)c1cc(Br)ccc1OCC1CCC1. The van der Waals surface area contributed by atoms with E-state index in [1.807, 2.05) is 12.1 Å². The quantitative estimate of drug-likeness (QED) is 0.842. The normalized spacial score (nSPS) is 16.7. The van der Waals surface area contributed by atoms with Crippen LogP contribution in [0.2, 0.25) is 0 Å². The summed E-state index contributed by atoms with van der Waals surface area (Å²) in [5.74, 6) is -0.409. The molecule has 1 aromatic rings. The minimum absolute atomic E-state index is 0.0611. The lowest BCUT2D eigenvalue weighted by atomic mass is 9.86. The lowest BCUT2D eigenvalue weighted by Crippen LogP contribution is -2.23. The minimum Gasteiger partial charge on any atom is -0.493 e. The van der Waals surface area contributed by atoms with Crippen LogP contribution in [-0.4, -0.2) is 24.2 Å². The molecule has 0 radical (unpaired) electrons. The van der Waals surface area contributed by atoms with Crippen LogP contribution in [0, 0.1) is 5.92 Å². The number of benzene rings is 1. The van der Waals surface area contributed by atoms with Crippen molar-refractivity contribution in [3.63, 3.8) is 0 Å². The van der Waals surface area contributed by atoms with Gasteiger partial charge in [0.2, 0.25) is 0 Å². The summed E-state index contributed by atoms with van der Waals surface area (Å²) in [5, 5.41) is 9.23. The van der Waals surface area contributed by atoms with Crippen molar-refractivity contribution >= 4 is 21.9 Å². The average Bonchev–Trinajstić information content (AvgIpc) is 2.30. The van der Waals surface area contributed by atoms with Crippen molar-refractivity contribution < 1.29 is 14.6 Å². The number of nitrogens with two attached hydrogens (primary N) is 1. The van der Waals surface area contributed by atoms with Gasteiger partial charge < -0.3 is 15.6 Å². The molecule has 1 aromatic carbocycles. The number of carbonyl (C=O) groups is 1. The van der Waals surface area contributed by atoms with Crippen molar-refractivity contribution in [3.05, 3.63) is 28.2 Å². The Bertz CT molecular complexity index is 460. The molecule has 104 valence electrons. The van der Waals surface area contributed by atoms with Gasteiger partial charge in [-0.05, 0) is 37.0 Å². The molecule has 0 aromatic heterocycles. The van der Waals surface area contributed by atoms with Crippen LogP contribution in [0.4, 0.5) is 0 Å². The Labute approximate surface area is 121 Å². The van der Waals surface area contributed by atoms with Crippen LogP contribution in [0.15, 0.2) is 22.7 Å². The van der Waals surface area contributed by atoms with Crippen molar-refractivity contribution in [1.82, 2.24) is 0 Å². The molecule has 0 saturated heterocycles. The molecule has 1 aliphatic carbocycles. The average molecular weight is 328 g/mol. The smallest absolute Gasteiger partial charge is 0.312 e. The zero-order valence-electron chi connectivity index (χ0n) is 10.6. The highest BCUT2D eigenvalue weighted by atomic mass is 79.9. The largest absolute Gasteiger partial charge is 0.493 e. The van der Waals surface area contributed by atoms with Gasteiger partial charge in [0.1, 0.15) is 5.75 Å². The van der Waals surface area contributed by atoms with E-state index in [1.54, 1.807) is 6.07 Å². The number of hydrogen-bond acceptors (Lipinski definition) is 3. The molecule has 0 aliphatic heterocycles. The number of rotatable bonds is 6. The summed E-state index contributed by atoms with van der Waals surface area (Å²) >= 11 is 3.36. The van der Waals surface area contributed by atoms with Crippen LogP contribution in [0.1, 0.15) is 30.7 Å². The van der Waals surface area contributed by atoms with E-state index in [2.05, 4.69) is 15.9 Å². The van der Waals surface area contributed by atoms with E-state index in [-0.39, 0.29) is 6.54 Å². The van der Waals surface area contributed by atoms with Crippen LogP contribution in [0.5, 0.6) is 5.75 Å². The molecular formula is C14H18BrNO3. The Kier molecular flexibility index (Phi) is 4.82. The highest BCUT2D eigenvalue weighted by molar-refractivity contribution is 9.10. The molecule has 3 N–H and O–H groups in total. The third-order valence-electron chi connectivity index (χ3n) is 3.58. The number of halogens is 1. The molecule has 5 heteroatoms. The van der Waals surface area contributed by atoms with Crippen LogP contribution in [0.25, 0.3) is 0 Å². The minimum atomic E-state index is -0.922. The zero-order chi connectivity index (χ0) is 13.8. The molecule has 1 aliphatic rings. The van der Waals surface area contributed by atoms with Gasteiger partial charge in [-0.3, -0.25) is 4.79 Å². The highest BCUT2D eigenvalue weighted by Gasteiger charge is 2.24. The molecule has 19 heavy (non-hydrogen) atoms. The summed E-state index contributed by atoms with van der Waals surface area (Å²) in [6, 6.07) is 5.44. The Balaban J connectivity index is 2.18. The van der Waals surface area contributed by atoms with Crippen LogP contribution >= 0.6 is 15.9 Å². The van der Waals surface area contributed by atoms with Crippen molar-refractivity contribution in [3.8, 4) is 5.75 Å². The number of aliphatic carboxylic acids is 1. The van der Waals surface area contributed by atoms with Gasteiger partial charge in [-0.2, -0.15) is 0 Å². The van der Waals surface area contributed by atoms with E-state index in [0.29, 0.717) is 23.8 Å². The molecule has 1 atom stereocenters. The van der Waals surface area contributed by atoms with E-state index in [1.165, 1.54) is 19.3 Å². The summed E-state index contributed by atoms with van der Waals surface area (Å²) in [7, 11) is 0. The summed E-state index contributed by atoms with van der Waals surface area (Å²) in [6.07, 6.45) is 3.66. The summed E-state index contributed by atoms with van der Waals surface area (Å²) in [4.78, 5) is 11.2. The standard InChI is InChI=1S/C14H18BrNO3/c15-10-4-5-13(19-8-9-2-1-3-9)11(6-10)12(7-16)14(17)18/h4-6,9,12H,1-3,7-8,16H2,(H,17,18). The number of ether oxygens (including phenoxy) is 1. The molecule has 4 nitrogen and oxygen atoms in total. The van der Waals surface area contributed by atoms with E-state index in [4.69, 9.17) is 10.5 Å². The Hall–Kier alpha value is -1.07. The molecule has 1 unspecified atom stereocenters. The van der Waals surface area contributed by atoms with Crippen LogP contribution in [0.3, 0.4) is 0 Å². The second-order valence-electron chi connectivity index (χ2n) is 4.92. The first-order chi connectivity index (χ1) is 9.11. The maximum Gasteiger partial charge on any atom is 0.312 e. The Morgan fingerprint density at radius 1 is 1.53 bits per heavy atom. The summed E-state index contributed by atoms with van der Waals surface area (Å²) in [5.41, 5.74) is 6.21. The summed E-state index contributed by atoms with van der Waals surface area (Å²) in [6.45, 7) is 0.719. The van der Waals surface area contributed by atoms with Gasteiger partial charge >= 0.3 is 5.97 Å². The van der Waals surface area contributed by atoms with Gasteiger partial charge in [0.05, 0.1) is 12.5 Å². The van der Waals surface area contributed by atoms with Gasteiger partial charge in [0, 0.05) is 16.6 Å². The fourth-order valence-electron chi connectivity index (χ4n) is 2.15. The maximum absolute atomic E-state index is 11.2. The monoisotopic (exact) mass is 327 g/mol. The molecule has 1 fully saturated rings. The van der Waals surface area contributed by atoms with Gasteiger partial charge in [-0.25, -0.2) is 0 Å². The second-order valence-corrected chi connectivity index (χ2v) is 5.83. The molecular weight excluding hydrogens is 310 g/mol. The van der Waals surface area contributed by atoms with Gasteiger partial charge in [0.15, 0.2) is 0 Å². The number of hydrogen-bond donors (Lipinski definition) is 2. The first-order valence-corrected chi connectivity index (χ1v) is 7.26. The first kappa shape index (κ1) is 14.3. The van der Waals surface area contributed by atoms with Crippen molar-refractivity contribution in [2.45, 2.75) is 25.2 Å². The topological polar surface area (TPSA) is 72.6 Å². The van der Waals surface area contributed by atoms with E-state index in [0.717, 1.165) is 4.47 Å². The van der Waals surface area contributed by atoms with Crippen LogP contribution in [-0.2, 0) is 4.79 Å². The first-order valence-electron chi connectivity index (χ1n) is 6.47. The van der Waals surface area contributed by atoms with Gasteiger partial charge in [-0.15, -0.1) is 0 Å². The molecule has 0 spiro atoms. The third kappa shape index (κ3) is 3.48. The summed E-state index contributed by atoms with van der Waals surface area (Å²) < 4.78 is 6.62. The van der Waals surface area contributed by atoms with E-state index in [9.17, 15) is 9.90 Å². The van der Waals surface area contributed by atoms with Crippen LogP contribution < -0.4 is 10.5 Å². The Morgan fingerprint density at radius 3 is 2.79 bits per heavy atom. The number of carboxylic acids is 1. The lowest BCUT2D eigenvalue weighted by molar-refractivity contribution is -0.138. The van der Waals surface area contributed by atoms with Gasteiger partial charge in [-0.1, -0.05) is 22.4 Å². The molecule has 2 rings (SSSR count).